The van der Waals surface area contributed by atoms with Gasteiger partial charge in [0.2, 0.25) is 5.91 Å². The van der Waals surface area contributed by atoms with Crippen LogP contribution in [0.4, 0.5) is 0 Å². The molecule has 0 bridgehead atoms. The Hall–Kier alpha value is -1.89. The Bertz CT molecular complexity index is 607. The van der Waals surface area contributed by atoms with Gasteiger partial charge in [0.25, 0.3) is 0 Å². The number of benzene rings is 1. The molecule has 0 aliphatic heterocycles. The average molecular weight is 313 g/mol. The lowest BCUT2D eigenvalue weighted by molar-refractivity contribution is -0.127. The number of carboxylic acid groups (broad SMARTS) is 1. The zero-order valence-corrected chi connectivity index (χ0v) is 12.9. The van der Waals surface area contributed by atoms with Crippen molar-refractivity contribution in [1.82, 2.24) is 4.90 Å². The minimum atomic E-state index is -3.36. The number of hydrogen-bond acceptors (Lipinski definition) is 4. The van der Waals surface area contributed by atoms with Gasteiger partial charge in [0.15, 0.2) is 9.84 Å². The molecule has 0 aliphatic carbocycles. The van der Waals surface area contributed by atoms with Crippen LogP contribution in [0.2, 0.25) is 0 Å². The summed E-state index contributed by atoms with van der Waals surface area (Å²) in [5.41, 5.74) is 0.905. The molecule has 0 atom stereocenters. The Kier molecular flexibility index (Phi) is 5.90. The Morgan fingerprint density at radius 3 is 2.24 bits per heavy atom. The predicted molar refractivity (Wildman–Crippen MR) is 78.8 cm³/mol. The predicted octanol–water partition coefficient (Wildman–Crippen LogP) is 1.17. The van der Waals surface area contributed by atoms with Crippen LogP contribution < -0.4 is 0 Å². The van der Waals surface area contributed by atoms with Gasteiger partial charge in [-0.05, 0) is 24.1 Å². The van der Waals surface area contributed by atoms with E-state index in [4.69, 9.17) is 5.11 Å². The number of hydrogen-bond donors (Lipinski definition) is 1. The third-order valence-corrected chi connectivity index (χ3v) is 4.62. The molecule has 0 fully saturated rings. The molecule has 1 aromatic rings. The summed E-state index contributed by atoms with van der Waals surface area (Å²) in [4.78, 5) is 23.9. The first-order chi connectivity index (χ1) is 9.75. The molecule has 0 aliphatic rings. The Morgan fingerprint density at radius 2 is 1.76 bits per heavy atom. The van der Waals surface area contributed by atoms with Gasteiger partial charge in [0, 0.05) is 13.6 Å². The van der Waals surface area contributed by atoms with Gasteiger partial charge in [-0.1, -0.05) is 19.1 Å². The third-order valence-electron chi connectivity index (χ3n) is 2.90. The van der Waals surface area contributed by atoms with Crippen molar-refractivity contribution >= 4 is 21.7 Å². The van der Waals surface area contributed by atoms with Crippen molar-refractivity contribution in [3.63, 3.8) is 0 Å². The molecule has 0 spiro atoms. The van der Waals surface area contributed by atoms with E-state index < -0.39 is 27.5 Å². The van der Waals surface area contributed by atoms with Crippen LogP contribution in [0, 0.1) is 0 Å². The van der Waals surface area contributed by atoms with Gasteiger partial charge in [-0.2, -0.15) is 0 Å². The van der Waals surface area contributed by atoms with Crippen LogP contribution >= 0.6 is 0 Å². The van der Waals surface area contributed by atoms with E-state index in [-0.39, 0.29) is 17.9 Å². The number of aromatic carboxylic acids is 1. The molecule has 0 heterocycles. The molecule has 6 nitrogen and oxygen atoms in total. The van der Waals surface area contributed by atoms with E-state index in [1.54, 1.807) is 19.1 Å². The summed E-state index contributed by atoms with van der Waals surface area (Å²) < 4.78 is 23.2. The molecule has 1 rings (SSSR count). The lowest BCUT2D eigenvalue weighted by atomic mass is 10.1. The second kappa shape index (κ2) is 7.21. The third kappa shape index (κ3) is 5.55. The normalized spacial score (nSPS) is 11.1. The molecule has 116 valence electrons. The minimum absolute atomic E-state index is 0.000111. The van der Waals surface area contributed by atoms with Crippen molar-refractivity contribution < 1.29 is 23.1 Å². The SMILES string of the molecule is CCCS(=O)(=O)CC(=O)N(C)Cc1ccc(C(=O)O)cc1. The number of carbonyl (C=O) groups excluding carboxylic acids is 1. The van der Waals surface area contributed by atoms with Crippen molar-refractivity contribution in [2.45, 2.75) is 19.9 Å². The fourth-order valence-electron chi connectivity index (χ4n) is 1.80. The number of sulfone groups is 1. The molecular formula is C14H19NO5S. The summed E-state index contributed by atoms with van der Waals surface area (Å²) in [6.45, 7) is 1.98. The van der Waals surface area contributed by atoms with E-state index in [0.717, 1.165) is 5.56 Å². The van der Waals surface area contributed by atoms with Crippen molar-refractivity contribution in [3.05, 3.63) is 35.4 Å². The fraction of sp³-hybridized carbons (Fsp3) is 0.429. The number of rotatable bonds is 7. The molecule has 0 saturated heterocycles. The highest BCUT2D eigenvalue weighted by Gasteiger charge is 2.19. The first-order valence-corrected chi connectivity index (χ1v) is 8.34. The van der Waals surface area contributed by atoms with Gasteiger partial charge in [0.1, 0.15) is 5.75 Å². The Balaban J connectivity index is 2.66. The summed E-state index contributed by atoms with van der Waals surface area (Å²) in [5, 5.41) is 8.79. The van der Waals surface area contributed by atoms with Crippen LogP contribution in [-0.2, 0) is 21.2 Å². The van der Waals surface area contributed by atoms with Gasteiger partial charge >= 0.3 is 5.97 Å². The largest absolute Gasteiger partial charge is 0.478 e. The van der Waals surface area contributed by atoms with Crippen LogP contribution in [0.3, 0.4) is 0 Å². The van der Waals surface area contributed by atoms with E-state index in [0.29, 0.717) is 6.42 Å². The molecule has 0 aromatic heterocycles. The van der Waals surface area contributed by atoms with Crippen LogP contribution in [0.15, 0.2) is 24.3 Å². The standard InChI is InChI=1S/C14H19NO5S/c1-3-8-21(19,20)10-13(16)15(2)9-11-4-6-12(7-5-11)14(17)18/h4-7H,3,8-10H2,1-2H3,(H,17,18). The van der Waals surface area contributed by atoms with Crippen molar-refractivity contribution in [1.29, 1.82) is 0 Å². The first kappa shape index (κ1) is 17.2. The summed E-state index contributed by atoms with van der Waals surface area (Å²) in [5.74, 6) is -1.98. The summed E-state index contributed by atoms with van der Waals surface area (Å²) in [7, 11) is -1.83. The number of amides is 1. The maximum Gasteiger partial charge on any atom is 0.335 e. The highest BCUT2D eigenvalue weighted by Crippen LogP contribution is 2.08. The van der Waals surface area contributed by atoms with Crippen molar-refractivity contribution in [3.8, 4) is 0 Å². The molecule has 21 heavy (non-hydrogen) atoms. The first-order valence-electron chi connectivity index (χ1n) is 6.52. The van der Waals surface area contributed by atoms with Gasteiger partial charge in [0.05, 0.1) is 11.3 Å². The Morgan fingerprint density at radius 1 is 1.19 bits per heavy atom. The van der Waals surface area contributed by atoms with Gasteiger partial charge in [-0.3, -0.25) is 4.79 Å². The van der Waals surface area contributed by atoms with E-state index in [9.17, 15) is 18.0 Å². The van der Waals surface area contributed by atoms with Crippen LogP contribution in [0.25, 0.3) is 0 Å². The smallest absolute Gasteiger partial charge is 0.335 e. The summed E-state index contributed by atoms with van der Waals surface area (Å²) >= 11 is 0. The van der Waals surface area contributed by atoms with Crippen LogP contribution in [0.1, 0.15) is 29.3 Å². The molecule has 0 saturated carbocycles. The maximum absolute atomic E-state index is 11.9. The van der Waals surface area contributed by atoms with Crippen LogP contribution in [0.5, 0.6) is 0 Å². The van der Waals surface area contributed by atoms with E-state index >= 15 is 0 Å². The maximum atomic E-state index is 11.9. The lowest BCUT2D eigenvalue weighted by Gasteiger charge is -2.17. The minimum Gasteiger partial charge on any atom is -0.478 e. The van der Waals surface area contributed by atoms with Crippen LogP contribution in [-0.4, -0.2) is 48.9 Å². The van der Waals surface area contributed by atoms with E-state index in [1.807, 2.05) is 0 Å². The molecule has 1 aromatic carbocycles. The molecule has 0 unspecified atom stereocenters. The molecule has 0 radical (unpaired) electrons. The molecule has 7 heteroatoms. The topological polar surface area (TPSA) is 91.8 Å². The zero-order valence-electron chi connectivity index (χ0n) is 12.1. The second-order valence-electron chi connectivity index (χ2n) is 4.84. The fourth-order valence-corrected chi connectivity index (χ4v) is 3.16. The quantitative estimate of drug-likeness (QED) is 0.816. The monoisotopic (exact) mass is 313 g/mol. The van der Waals surface area contributed by atoms with Crippen molar-refractivity contribution in [2.75, 3.05) is 18.6 Å². The molecular weight excluding hydrogens is 294 g/mol. The van der Waals surface area contributed by atoms with Crippen molar-refractivity contribution in [2.24, 2.45) is 0 Å². The van der Waals surface area contributed by atoms with E-state index in [1.165, 1.54) is 24.1 Å². The highest BCUT2D eigenvalue weighted by molar-refractivity contribution is 7.92. The average Bonchev–Trinajstić information content (AvgIpc) is 2.38. The van der Waals surface area contributed by atoms with E-state index in [2.05, 4.69) is 0 Å². The summed E-state index contributed by atoms with van der Waals surface area (Å²) in [6, 6.07) is 6.11. The zero-order chi connectivity index (χ0) is 16.0. The second-order valence-corrected chi connectivity index (χ2v) is 7.03. The highest BCUT2D eigenvalue weighted by atomic mass is 32.2. The summed E-state index contributed by atoms with van der Waals surface area (Å²) in [6.07, 6.45) is 0.482. The van der Waals surface area contributed by atoms with Gasteiger partial charge in [-0.15, -0.1) is 0 Å². The number of nitrogens with zero attached hydrogens (tertiary/aromatic N) is 1. The van der Waals surface area contributed by atoms with Gasteiger partial charge in [-0.25, -0.2) is 13.2 Å². The number of carboxylic acids is 1. The number of carbonyl (C=O) groups is 2. The molecule has 1 amide bonds. The lowest BCUT2D eigenvalue weighted by Crippen LogP contribution is -2.32. The van der Waals surface area contributed by atoms with Gasteiger partial charge < -0.3 is 10.0 Å². The molecule has 1 N–H and O–H groups in total. The Labute approximate surface area is 124 Å².